The number of halogens is 1. The number of hydrogen-bond donors (Lipinski definition) is 0. The lowest BCUT2D eigenvalue weighted by Gasteiger charge is -2.34. The summed E-state index contributed by atoms with van der Waals surface area (Å²) in [5.74, 6) is 0.129. The van der Waals surface area contributed by atoms with E-state index < -0.39 is 5.82 Å². The summed E-state index contributed by atoms with van der Waals surface area (Å²) < 4.78 is 24.3. The zero-order valence-electron chi connectivity index (χ0n) is 11.4. The van der Waals surface area contributed by atoms with E-state index in [-0.39, 0.29) is 17.1 Å². The third kappa shape index (κ3) is 2.48. The van der Waals surface area contributed by atoms with Crippen molar-refractivity contribution in [2.24, 2.45) is 5.92 Å². The van der Waals surface area contributed by atoms with E-state index in [1.165, 1.54) is 6.07 Å². The fraction of sp³-hybridized carbons (Fsp3) is 0.438. The van der Waals surface area contributed by atoms with E-state index >= 15 is 0 Å². The minimum absolute atomic E-state index is 0.0550. The fourth-order valence-electron chi connectivity index (χ4n) is 2.74. The van der Waals surface area contributed by atoms with Crippen LogP contribution in [0.2, 0.25) is 0 Å². The van der Waals surface area contributed by atoms with Gasteiger partial charge in [-0.25, -0.2) is 4.39 Å². The second kappa shape index (κ2) is 5.37. The van der Waals surface area contributed by atoms with Crippen LogP contribution in [0.25, 0.3) is 11.0 Å². The molecule has 1 saturated carbocycles. The first-order chi connectivity index (χ1) is 9.67. The van der Waals surface area contributed by atoms with Gasteiger partial charge in [0.1, 0.15) is 0 Å². The maximum Gasteiger partial charge on any atom is 0.198 e. The molecule has 0 spiro atoms. The predicted molar refractivity (Wildman–Crippen MR) is 73.3 cm³/mol. The Hall–Kier alpha value is -1.68. The summed E-state index contributed by atoms with van der Waals surface area (Å²) in [6, 6.07) is 6.31. The second-order valence-electron chi connectivity index (χ2n) is 5.31. The van der Waals surface area contributed by atoms with Crippen LogP contribution in [0.1, 0.15) is 36.7 Å². The molecule has 1 aromatic carbocycles. The van der Waals surface area contributed by atoms with E-state index in [4.69, 9.17) is 9.15 Å². The standard InChI is InChI=1S/C16H17FO3/c1-2-19-12-6-10(7-12)8-14(18)15-9-11-4-3-5-13(17)16(11)20-15/h3-5,9-10,12H,2,6-8H2,1H3. The molecule has 0 bridgehead atoms. The summed E-state index contributed by atoms with van der Waals surface area (Å²) in [4.78, 5) is 12.1. The number of para-hydroxylation sites is 1. The van der Waals surface area contributed by atoms with Gasteiger partial charge in [-0.05, 0) is 37.8 Å². The van der Waals surface area contributed by atoms with Gasteiger partial charge in [-0.1, -0.05) is 12.1 Å². The van der Waals surface area contributed by atoms with Crippen LogP contribution in [0.3, 0.4) is 0 Å². The summed E-state index contributed by atoms with van der Waals surface area (Å²) in [6.45, 7) is 2.69. The zero-order chi connectivity index (χ0) is 14.1. The highest BCUT2D eigenvalue weighted by molar-refractivity contribution is 5.97. The Bertz CT molecular complexity index is 626. The van der Waals surface area contributed by atoms with Crippen LogP contribution in [0, 0.1) is 11.7 Å². The first kappa shape index (κ1) is 13.3. The number of hydrogen-bond acceptors (Lipinski definition) is 3. The molecule has 1 aromatic heterocycles. The van der Waals surface area contributed by atoms with E-state index in [1.807, 2.05) is 6.92 Å². The Morgan fingerprint density at radius 1 is 1.45 bits per heavy atom. The normalized spacial score (nSPS) is 21.9. The van der Waals surface area contributed by atoms with Gasteiger partial charge in [0.05, 0.1) is 6.10 Å². The summed E-state index contributed by atoms with van der Waals surface area (Å²) in [6.07, 6.45) is 2.60. The molecule has 2 aromatic rings. The maximum atomic E-state index is 13.5. The Balaban J connectivity index is 1.66. The number of benzene rings is 1. The van der Waals surface area contributed by atoms with Gasteiger partial charge in [-0.3, -0.25) is 4.79 Å². The van der Waals surface area contributed by atoms with E-state index in [0.29, 0.717) is 30.4 Å². The molecule has 0 atom stereocenters. The molecule has 4 heteroatoms. The first-order valence-electron chi connectivity index (χ1n) is 7.00. The highest BCUT2D eigenvalue weighted by atomic mass is 19.1. The van der Waals surface area contributed by atoms with Crippen molar-refractivity contribution in [1.29, 1.82) is 0 Å². The first-order valence-corrected chi connectivity index (χ1v) is 7.00. The largest absolute Gasteiger partial charge is 0.450 e. The number of carbonyl (C=O) groups excluding carboxylic acids is 1. The number of ether oxygens (including phenoxy) is 1. The number of fused-ring (bicyclic) bond motifs is 1. The minimum Gasteiger partial charge on any atom is -0.450 e. The van der Waals surface area contributed by atoms with Gasteiger partial charge in [0.2, 0.25) is 0 Å². The van der Waals surface area contributed by atoms with Crippen molar-refractivity contribution in [2.75, 3.05) is 6.61 Å². The van der Waals surface area contributed by atoms with Crippen molar-refractivity contribution in [1.82, 2.24) is 0 Å². The molecule has 1 heterocycles. The summed E-state index contributed by atoms with van der Waals surface area (Å²) in [5, 5.41) is 0.633. The molecule has 0 aliphatic heterocycles. The minimum atomic E-state index is -0.429. The SMILES string of the molecule is CCOC1CC(CC(=O)c2cc3cccc(F)c3o2)C1. The van der Waals surface area contributed by atoms with Gasteiger partial charge in [0, 0.05) is 18.4 Å². The summed E-state index contributed by atoms with van der Waals surface area (Å²) >= 11 is 0. The highest BCUT2D eigenvalue weighted by Crippen LogP contribution is 2.34. The third-order valence-electron chi connectivity index (χ3n) is 3.84. The molecule has 0 saturated heterocycles. The lowest BCUT2D eigenvalue weighted by molar-refractivity contribution is -0.0247. The van der Waals surface area contributed by atoms with Crippen LogP contribution in [0.15, 0.2) is 28.7 Å². The monoisotopic (exact) mass is 276 g/mol. The average molecular weight is 276 g/mol. The van der Waals surface area contributed by atoms with Gasteiger partial charge >= 0.3 is 0 Å². The average Bonchev–Trinajstić information content (AvgIpc) is 2.82. The molecule has 1 fully saturated rings. The number of furan rings is 1. The summed E-state index contributed by atoms with van der Waals surface area (Å²) in [5.41, 5.74) is 0.164. The van der Waals surface area contributed by atoms with Gasteiger partial charge < -0.3 is 9.15 Å². The number of rotatable bonds is 5. The Labute approximate surface area is 116 Å². The highest BCUT2D eigenvalue weighted by Gasteiger charge is 2.32. The van der Waals surface area contributed by atoms with Crippen LogP contribution < -0.4 is 0 Å². The topological polar surface area (TPSA) is 39.4 Å². The van der Waals surface area contributed by atoms with Crippen molar-refractivity contribution < 1.29 is 18.3 Å². The van der Waals surface area contributed by atoms with Crippen molar-refractivity contribution in [3.8, 4) is 0 Å². The third-order valence-corrected chi connectivity index (χ3v) is 3.84. The zero-order valence-corrected chi connectivity index (χ0v) is 11.4. The van der Waals surface area contributed by atoms with Crippen molar-refractivity contribution in [3.63, 3.8) is 0 Å². The van der Waals surface area contributed by atoms with Crippen molar-refractivity contribution in [2.45, 2.75) is 32.3 Å². The number of ketones is 1. The second-order valence-corrected chi connectivity index (χ2v) is 5.31. The molecule has 1 aliphatic rings. The van der Waals surface area contributed by atoms with Crippen LogP contribution in [-0.4, -0.2) is 18.5 Å². The predicted octanol–water partition coefficient (Wildman–Crippen LogP) is 3.96. The number of Topliss-reactive ketones (excluding diaryl/α,β-unsaturated/α-hetero) is 1. The number of carbonyl (C=O) groups is 1. The molecule has 0 unspecified atom stereocenters. The smallest absolute Gasteiger partial charge is 0.198 e. The Kier molecular flexibility index (Phi) is 3.57. The molecule has 0 N–H and O–H groups in total. The molecule has 1 aliphatic carbocycles. The molecule has 0 radical (unpaired) electrons. The molecule has 3 nitrogen and oxygen atoms in total. The fourth-order valence-corrected chi connectivity index (χ4v) is 2.74. The molecule has 106 valence electrons. The van der Waals surface area contributed by atoms with E-state index in [2.05, 4.69) is 0 Å². The lowest BCUT2D eigenvalue weighted by atomic mass is 9.79. The van der Waals surface area contributed by atoms with E-state index in [1.54, 1.807) is 18.2 Å². The molecular formula is C16H17FO3. The van der Waals surface area contributed by atoms with Crippen LogP contribution in [0.4, 0.5) is 4.39 Å². The van der Waals surface area contributed by atoms with E-state index in [0.717, 1.165) is 12.8 Å². The lowest BCUT2D eigenvalue weighted by Crippen LogP contribution is -2.32. The molecular weight excluding hydrogens is 259 g/mol. The molecule has 3 rings (SSSR count). The van der Waals surface area contributed by atoms with Crippen LogP contribution in [0.5, 0.6) is 0 Å². The van der Waals surface area contributed by atoms with Crippen molar-refractivity contribution in [3.05, 3.63) is 35.8 Å². The van der Waals surface area contributed by atoms with Crippen LogP contribution in [-0.2, 0) is 4.74 Å². The van der Waals surface area contributed by atoms with Gasteiger partial charge in [0.25, 0.3) is 0 Å². The van der Waals surface area contributed by atoms with Gasteiger partial charge in [0.15, 0.2) is 22.9 Å². The Morgan fingerprint density at radius 2 is 2.25 bits per heavy atom. The van der Waals surface area contributed by atoms with Gasteiger partial charge in [-0.15, -0.1) is 0 Å². The summed E-state index contributed by atoms with van der Waals surface area (Å²) in [7, 11) is 0. The van der Waals surface area contributed by atoms with E-state index in [9.17, 15) is 9.18 Å². The molecule has 20 heavy (non-hydrogen) atoms. The van der Waals surface area contributed by atoms with Gasteiger partial charge in [-0.2, -0.15) is 0 Å². The quantitative estimate of drug-likeness (QED) is 0.776. The van der Waals surface area contributed by atoms with Crippen LogP contribution >= 0.6 is 0 Å². The maximum absolute atomic E-state index is 13.5. The Morgan fingerprint density at radius 3 is 2.95 bits per heavy atom. The molecule has 0 amide bonds. The van der Waals surface area contributed by atoms with Crippen molar-refractivity contribution >= 4 is 16.8 Å².